The molecule has 0 heterocycles. The summed E-state index contributed by atoms with van der Waals surface area (Å²) in [7, 11) is -3.72. The number of benzene rings is 3. The summed E-state index contributed by atoms with van der Waals surface area (Å²) in [5, 5.41) is 2.82. The number of anilines is 1. The van der Waals surface area contributed by atoms with E-state index >= 15 is 0 Å². The number of aryl methyl sites for hydroxylation is 2. The van der Waals surface area contributed by atoms with Gasteiger partial charge in [0.05, 0.1) is 4.90 Å². The Balaban J connectivity index is 1.53. The van der Waals surface area contributed by atoms with Crippen LogP contribution in [-0.2, 0) is 21.2 Å². The van der Waals surface area contributed by atoms with E-state index in [1.165, 1.54) is 12.1 Å². The first-order valence-electron chi connectivity index (χ1n) is 9.97. The Bertz CT molecular complexity index is 1130. The van der Waals surface area contributed by atoms with Crippen LogP contribution in [0.2, 0.25) is 0 Å². The molecule has 0 fully saturated rings. The monoisotopic (exact) mass is 438 g/mol. The Hall–Kier alpha value is -3.32. The fourth-order valence-corrected chi connectivity index (χ4v) is 4.12. The molecule has 31 heavy (non-hydrogen) atoms. The summed E-state index contributed by atoms with van der Waals surface area (Å²) in [5.41, 5.74) is 3.32. The third-order valence-corrected chi connectivity index (χ3v) is 6.08. The molecular formula is C24H26N2O4S. The van der Waals surface area contributed by atoms with Gasteiger partial charge in [-0.1, -0.05) is 48.0 Å². The normalized spacial score (nSPS) is 11.0. The molecule has 0 bridgehead atoms. The van der Waals surface area contributed by atoms with Crippen molar-refractivity contribution in [1.29, 1.82) is 0 Å². The quantitative estimate of drug-likeness (QED) is 0.532. The topological polar surface area (TPSA) is 84.5 Å². The number of hydrogen-bond donors (Lipinski definition) is 2. The molecule has 0 aliphatic carbocycles. The van der Waals surface area contributed by atoms with E-state index in [1.54, 1.807) is 25.1 Å². The number of carbonyl (C=O) groups excluding carboxylic acids is 1. The van der Waals surface area contributed by atoms with E-state index < -0.39 is 10.0 Å². The van der Waals surface area contributed by atoms with Crippen LogP contribution < -0.4 is 14.8 Å². The van der Waals surface area contributed by atoms with E-state index in [2.05, 4.69) is 10.0 Å². The highest BCUT2D eigenvalue weighted by molar-refractivity contribution is 7.92. The van der Waals surface area contributed by atoms with Crippen LogP contribution in [0.1, 0.15) is 16.7 Å². The van der Waals surface area contributed by atoms with Crippen molar-refractivity contribution in [3.63, 3.8) is 0 Å². The van der Waals surface area contributed by atoms with E-state index in [0.29, 0.717) is 23.5 Å². The largest absolute Gasteiger partial charge is 0.484 e. The highest BCUT2D eigenvalue weighted by atomic mass is 32.2. The number of hydrogen-bond acceptors (Lipinski definition) is 4. The lowest BCUT2D eigenvalue weighted by atomic mass is 10.1. The molecule has 0 aliphatic heterocycles. The second-order valence-electron chi connectivity index (χ2n) is 7.27. The highest BCUT2D eigenvalue weighted by Crippen LogP contribution is 2.23. The van der Waals surface area contributed by atoms with E-state index in [1.807, 2.05) is 49.4 Å². The Morgan fingerprint density at radius 2 is 1.65 bits per heavy atom. The fourth-order valence-electron chi connectivity index (χ4n) is 2.97. The summed E-state index contributed by atoms with van der Waals surface area (Å²) in [5.74, 6) is 0.237. The number of sulfonamides is 1. The third-order valence-electron chi connectivity index (χ3n) is 4.70. The van der Waals surface area contributed by atoms with Crippen LogP contribution in [0.4, 0.5) is 5.69 Å². The second-order valence-corrected chi connectivity index (χ2v) is 8.96. The van der Waals surface area contributed by atoms with Gasteiger partial charge in [0, 0.05) is 12.2 Å². The lowest BCUT2D eigenvalue weighted by molar-refractivity contribution is -0.123. The van der Waals surface area contributed by atoms with Gasteiger partial charge < -0.3 is 10.1 Å². The van der Waals surface area contributed by atoms with Gasteiger partial charge in [0.2, 0.25) is 0 Å². The lowest BCUT2D eigenvalue weighted by Crippen LogP contribution is -2.30. The van der Waals surface area contributed by atoms with Crippen LogP contribution >= 0.6 is 0 Å². The molecular weight excluding hydrogens is 412 g/mol. The summed E-state index contributed by atoms with van der Waals surface area (Å²) in [6, 6.07) is 21.6. The van der Waals surface area contributed by atoms with Gasteiger partial charge in [-0.3, -0.25) is 9.52 Å². The zero-order valence-corrected chi connectivity index (χ0v) is 18.4. The van der Waals surface area contributed by atoms with Crippen molar-refractivity contribution in [3.05, 3.63) is 89.5 Å². The highest BCUT2D eigenvalue weighted by Gasteiger charge is 2.16. The number of ether oxygens (including phenoxy) is 1. The van der Waals surface area contributed by atoms with Crippen LogP contribution in [0.25, 0.3) is 0 Å². The maximum atomic E-state index is 12.6. The summed E-state index contributed by atoms with van der Waals surface area (Å²) in [6.07, 6.45) is 0.742. The molecule has 3 rings (SSSR count). The molecule has 0 aliphatic rings. The first kappa shape index (κ1) is 22.4. The Morgan fingerprint density at radius 1 is 0.935 bits per heavy atom. The smallest absolute Gasteiger partial charge is 0.261 e. The van der Waals surface area contributed by atoms with Crippen molar-refractivity contribution in [2.75, 3.05) is 17.9 Å². The molecule has 0 radical (unpaired) electrons. The van der Waals surface area contributed by atoms with E-state index in [4.69, 9.17) is 4.74 Å². The SMILES string of the molecule is Cc1ccc(NS(=O)(=O)c2ccc(OCC(=O)NCCc3ccccc3)c(C)c2)cc1. The van der Waals surface area contributed by atoms with Crippen molar-refractivity contribution in [3.8, 4) is 5.75 Å². The van der Waals surface area contributed by atoms with Crippen molar-refractivity contribution in [2.45, 2.75) is 25.2 Å². The zero-order chi connectivity index (χ0) is 22.3. The molecule has 7 heteroatoms. The van der Waals surface area contributed by atoms with Crippen LogP contribution in [0, 0.1) is 13.8 Å². The van der Waals surface area contributed by atoms with Crippen LogP contribution in [0.15, 0.2) is 77.7 Å². The Morgan fingerprint density at radius 3 is 2.32 bits per heavy atom. The summed E-state index contributed by atoms with van der Waals surface area (Å²) >= 11 is 0. The number of carbonyl (C=O) groups is 1. The number of amides is 1. The average molecular weight is 439 g/mol. The van der Waals surface area contributed by atoms with Gasteiger partial charge in [0.15, 0.2) is 6.61 Å². The van der Waals surface area contributed by atoms with E-state index in [-0.39, 0.29) is 17.4 Å². The molecule has 2 N–H and O–H groups in total. The van der Waals surface area contributed by atoms with Crippen molar-refractivity contribution >= 4 is 21.6 Å². The molecule has 0 saturated heterocycles. The van der Waals surface area contributed by atoms with Crippen molar-refractivity contribution in [2.24, 2.45) is 0 Å². The van der Waals surface area contributed by atoms with Gasteiger partial charge in [-0.25, -0.2) is 8.42 Å². The number of nitrogens with one attached hydrogen (secondary N) is 2. The van der Waals surface area contributed by atoms with Gasteiger partial charge in [-0.15, -0.1) is 0 Å². The minimum Gasteiger partial charge on any atom is -0.484 e. The summed E-state index contributed by atoms with van der Waals surface area (Å²) in [4.78, 5) is 12.2. The minimum absolute atomic E-state index is 0.130. The number of rotatable bonds is 9. The molecule has 0 spiro atoms. The van der Waals surface area contributed by atoms with Gasteiger partial charge in [0.25, 0.3) is 15.9 Å². The van der Waals surface area contributed by atoms with E-state index in [0.717, 1.165) is 17.5 Å². The van der Waals surface area contributed by atoms with Crippen molar-refractivity contribution in [1.82, 2.24) is 5.32 Å². The van der Waals surface area contributed by atoms with Gasteiger partial charge in [-0.05, 0) is 61.7 Å². The average Bonchev–Trinajstić information content (AvgIpc) is 2.75. The molecule has 6 nitrogen and oxygen atoms in total. The first-order valence-corrected chi connectivity index (χ1v) is 11.5. The van der Waals surface area contributed by atoms with E-state index in [9.17, 15) is 13.2 Å². The Labute approximate surface area is 183 Å². The van der Waals surface area contributed by atoms with Crippen LogP contribution in [-0.4, -0.2) is 27.5 Å². The maximum Gasteiger partial charge on any atom is 0.261 e. The predicted octanol–water partition coefficient (Wildman–Crippen LogP) is 3.84. The molecule has 0 aromatic heterocycles. The molecule has 162 valence electrons. The molecule has 0 saturated carbocycles. The molecule has 0 atom stereocenters. The van der Waals surface area contributed by atoms with Gasteiger partial charge in [-0.2, -0.15) is 0 Å². The fraction of sp³-hybridized carbons (Fsp3) is 0.208. The molecule has 3 aromatic rings. The molecule has 1 amide bonds. The van der Waals surface area contributed by atoms with Crippen LogP contribution in [0.5, 0.6) is 5.75 Å². The zero-order valence-electron chi connectivity index (χ0n) is 17.6. The maximum absolute atomic E-state index is 12.6. The van der Waals surface area contributed by atoms with Crippen LogP contribution in [0.3, 0.4) is 0 Å². The lowest BCUT2D eigenvalue weighted by Gasteiger charge is -2.12. The van der Waals surface area contributed by atoms with Crippen molar-refractivity contribution < 1.29 is 17.9 Å². The first-order chi connectivity index (χ1) is 14.8. The summed E-state index contributed by atoms with van der Waals surface area (Å²) in [6.45, 7) is 4.06. The van der Waals surface area contributed by atoms with Gasteiger partial charge in [0.1, 0.15) is 5.75 Å². The summed E-state index contributed by atoms with van der Waals surface area (Å²) < 4.78 is 33.4. The second kappa shape index (κ2) is 10.1. The van der Waals surface area contributed by atoms with Gasteiger partial charge >= 0.3 is 0 Å². The minimum atomic E-state index is -3.72. The molecule has 3 aromatic carbocycles. The molecule has 0 unspecified atom stereocenters. The third kappa shape index (κ3) is 6.58. The predicted molar refractivity (Wildman–Crippen MR) is 122 cm³/mol. The Kier molecular flexibility index (Phi) is 7.31. The standard InChI is InChI=1S/C24H26N2O4S/c1-18-8-10-21(11-9-18)26-31(28,29)22-12-13-23(19(2)16-22)30-17-24(27)25-15-14-20-6-4-3-5-7-20/h3-13,16,26H,14-15,17H2,1-2H3,(H,25,27).